The number of para-hydroxylation sites is 1. The van der Waals surface area contributed by atoms with E-state index in [2.05, 4.69) is 0 Å². The van der Waals surface area contributed by atoms with E-state index in [4.69, 9.17) is 0 Å². The van der Waals surface area contributed by atoms with Gasteiger partial charge >= 0.3 is 0 Å². The molecule has 0 heterocycles. The number of nitrogens with zero attached hydrogens (tertiary/aromatic N) is 1. The number of halogens is 2. The highest BCUT2D eigenvalue weighted by molar-refractivity contribution is 5.88. The number of anilines is 2. The molecule has 26 heavy (non-hydrogen) atoms. The van der Waals surface area contributed by atoms with Crippen molar-refractivity contribution >= 4 is 22.1 Å². The molecule has 0 aromatic heterocycles. The van der Waals surface area contributed by atoms with Gasteiger partial charge < -0.3 is 4.90 Å². The van der Waals surface area contributed by atoms with E-state index in [1.165, 1.54) is 11.0 Å². The fourth-order valence-corrected chi connectivity index (χ4v) is 3.21. The molecule has 0 fully saturated rings. The van der Waals surface area contributed by atoms with Gasteiger partial charge in [-0.1, -0.05) is 60.7 Å². The van der Waals surface area contributed by atoms with Crippen LogP contribution in [0.25, 0.3) is 21.9 Å². The number of hydrogen-bond acceptors (Lipinski definition) is 1. The van der Waals surface area contributed by atoms with Crippen LogP contribution >= 0.6 is 0 Å². The smallest absolute Gasteiger partial charge is 0.154 e. The zero-order chi connectivity index (χ0) is 18.1. The summed E-state index contributed by atoms with van der Waals surface area (Å²) in [7, 11) is 1.67. The van der Waals surface area contributed by atoms with E-state index in [1.54, 1.807) is 43.4 Å². The maximum Gasteiger partial charge on any atom is 0.154 e. The Morgan fingerprint density at radius 2 is 1.35 bits per heavy atom. The summed E-state index contributed by atoms with van der Waals surface area (Å²) < 4.78 is 29.4. The highest BCUT2D eigenvalue weighted by Crippen LogP contribution is 2.34. The lowest BCUT2D eigenvalue weighted by Crippen LogP contribution is -2.13. The van der Waals surface area contributed by atoms with E-state index >= 15 is 4.39 Å². The van der Waals surface area contributed by atoms with E-state index in [1.807, 2.05) is 42.5 Å². The molecule has 0 radical (unpaired) electrons. The number of hydrogen-bond donors (Lipinski definition) is 0. The third-order valence-corrected chi connectivity index (χ3v) is 4.61. The summed E-state index contributed by atoms with van der Waals surface area (Å²) in [5.41, 5.74) is 1.96. The van der Waals surface area contributed by atoms with Crippen LogP contribution in [0.2, 0.25) is 0 Å². The lowest BCUT2D eigenvalue weighted by molar-refractivity contribution is 0.619. The first kappa shape index (κ1) is 16.3. The van der Waals surface area contributed by atoms with Gasteiger partial charge in [-0.3, -0.25) is 0 Å². The van der Waals surface area contributed by atoms with E-state index in [0.717, 1.165) is 16.3 Å². The molecule has 0 unspecified atom stereocenters. The Labute approximate surface area is 151 Å². The largest absolute Gasteiger partial charge is 0.340 e. The standard InChI is InChI=1S/C23H17F2N/c1-26(21-11-5-4-10-20(21)24)22-12-6-9-19(23(22)25)18-14-13-16-7-2-3-8-17(16)15-18/h2-15H,1H3. The van der Waals surface area contributed by atoms with Gasteiger partial charge in [0.05, 0.1) is 11.4 Å². The minimum Gasteiger partial charge on any atom is -0.340 e. The molecule has 0 spiro atoms. The van der Waals surface area contributed by atoms with Crippen molar-refractivity contribution in [1.82, 2.24) is 0 Å². The fourth-order valence-electron chi connectivity index (χ4n) is 3.21. The molecule has 4 rings (SSSR count). The predicted molar refractivity (Wildman–Crippen MR) is 104 cm³/mol. The van der Waals surface area contributed by atoms with Crippen LogP contribution in [0.3, 0.4) is 0 Å². The first-order chi connectivity index (χ1) is 12.6. The van der Waals surface area contributed by atoms with Crippen molar-refractivity contribution in [2.75, 3.05) is 11.9 Å². The zero-order valence-electron chi connectivity index (χ0n) is 14.3. The molecule has 4 aromatic carbocycles. The Morgan fingerprint density at radius 1 is 0.654 bits per heavy atom. The quantitative estimate of drug-likeness (QED) is 0.407. The number of benzene rings is 4. The molecule has 0 N–H and O–H groups in total. The van der Waals surface area contributed by atoms with Crippen LogP contribution < -0.4 is 4.90 Å². The Bertz CT molecular complexity index is 1090. The Balaban J connectivity index is 1.81. The van der Waals surface area contributed by atoms with Crippen molar-refractivity contribution in [3.05, 3.63) is 96.6 Å². The molecule has 0 bridgehead atoms. The maximum atomic E-state index is 15.3. The number of fused-ring (bicyclic) bond motifs is 1. The summed E-state index contributed by atoms with van der Waals surface area (Å²) in [6.45, 7) is 0. The van der Waals surface area contributed by atoms with Crippen LogP contribution in [0, 0.1) is 11.6 Å². The van der Waals surface area contributed by atoms with Crippen molar-refractivity contribution in [2.24, 2.45) is 0 Å². The van der Waals surface area contributed by atoms with E-state index in [0.29, 0.717) is 16.9 Å². The second kappa shape index (κ2) is 6.60. The van der Waals surface area contributed by atoms with Crippen molar-refractivity contribution in [3.8, 4) is 11.1 Å². The normalized spacial score (nSPS) is 10.9. The van der Waals surface area contributed by atoms with Gasteiger partial charge in [0.2, 0.25) is 0 Å². The molecule has 0 aliphatic heterocycles. The second-order valence-corrected chi connectivity index (χ2v) is 6.21. The molecule has 128 valence electrons. The third kappa shape index (κ3) is 2.82. The molecule has 0 amide bonds. The Kier molecular flexibility index (Phi) is 4.13. The average Bonchev–Trinajstić information content (AvgIpc) is 2.68. The molecule has 0 atom stereocenters. The topological polar surface area (TPSA) is 3.24 Å². The monoisotopic (exact) mass is 345 g/mol. The van der Waals surface area contributed by atoms with E-state index < -0.39 is 0 Å². The SMILES string of the molecule is CN(c1ccccc1F)c1cccc(-c2ccc3ccccc3c2)c1F. The Hall–Kier alpha value is -3.20. The predicted octanol–water partition coefficient (Wildman–Crippen LogP) is 6.55. The fraction of sp³-hybridized carbons (Fsp3) is 0.0435. The van der Waals surface area contributed by atoms with E-state index in [-0.39, 0.29) is 11.6 Å². The minimum absolute atomic E-state index is 0.334. The van der Waals surface area contributed by atoms with Crippen molar-refractivity contribution in [1.29, 1.82) is 0 Å². The number of rotatable bonds is 3. The maximum absolute atomic E-state index is 15.3. The third-order valence-electron chi connectivity index (χ3n) is 4.61. The summed E-state index contributed by atoms with van der Waals surface area (Å²) in [5.74, 6) is -0.751. The zero-order valence-corrected chi connectivity index (χ0v) is 14.3. The van der Waals surface area contributed by atoms with Crippen LogP contribution in [0.1, 0.15) is 0 Å². The highest BCUT2D eigenvalue weighted by Gasteiger charge is 2.16. The molecule has 1 nitrogen and oxygen atoms in total. The van der Waals surface area contributed by atoms with Gasteiger partial charge in [0.1, 0.15) is 5.82 Å². The molecule has 0 saturated carbocycles. The van der Waals surface area contributed by atoms with Crippen molar-refractivity contribution < 1.29 is 8.78 Å². The summed E-state index contributed by atoms with van der Waals surface area (Å²) in [5, 5.41) is 2.16. The Morgan fingerprint density at radius 3 is 2.15 bits per heavy atom. The van der Waals surface area contributed by atoms with Crippen LogP contribution in [0.4, 0.5) is 20.2 Å². The van der Waals surface area contributed by atoms with Crippen molar-refractivity contribution in [2.45, 2.75) is 0 Å². The molecule has 4 aromatic rings. The molecular weight excluding hydrogens is 328 g/mol. The second-order valence-electron chi connectivity index (χ2n) is 6.21. The first-order valence-electron chi connectivity index (χ1n) is 8.41. The molecule has 0 aliphatic rings. The summed E-state index contributed by atoms with van der Waals surface area (Å²) in [4.78, 5) is 1.54. The van der Waals surface area contributed by atoms with Crippen LogP contribution in [0.15, 0.2) is 84.9 Å². The minimum atomic E-state index is -0.384. The molecule has 0 saturated heterocycles. The summed E-state index contributed by atoms with van der Waals surface area (Å²) >= 11 is 0. The van der Waals surface area contributed by atoms with Gasteiger partial charge in [-0.25, -0.2) is 8.78 Å². The molecular formula is C23H17F2N. The van der Waals surface area contributed by atoms with Gasteiger partial charge in [0.25, 0.3) is 0 Å². The van der Waals surface area contributed by atoms with Crippen LogP contribution in [-0.2, 0) is 0 Å². The molecule has 0 aliphatic carbocycles. The van der Waals surface area contributed by atoms with Crippen LogP contribution in [0.5, 0.6) is 0 Å². The highest BCUT2D eigenvalue weighted by atomic mass is 19.1. The van der Waals surface area contributed by atoms with Gasteiger partial charge in [0.15, 0.2) is 5.82 Å². The first-order valence-corrected chi connectivity index (χ1v) is 8.41. The van der Waals surface area contributed by atoms with E-state index in [9.17, 15) is 4.39 Å². The van der Waals surface area contributed by atoms with Gasteiger partial charge in [-0.05, 0) is 40.6 Å². The lowest BCUT2D eigenvalue weighted by atomic mass is 10.00. The van der Waals surface area contributed by atoms with Gasteiger partial charge in [0, 0.05) is 12.6 Å². The van der Waals surface area contributed by atoms with Crippen LogP contribution in [-0.4, -0.2) is 7.05 Å². The lowest BCUT2D eigenvalue weighted by Gasteiger charge is -2.22. The van der Waals surface area contributed by atoms with Gasteiger partial charge in [-0.2, -0.15) is 0 Å². The van der Waals surface area contributed by atoms with Gasteiger partial charge in [-0.15, -0.1) is 0 Å². The average molecular weight is 345 g/mol. The summed E-state index contributed by atoms with van der Waals surface area (Å²) in [6.07, 6.45) is 0. The summed E-state index contributed by atoms with van der Waals surface area (Å²) in [6, 6.07) is 25.4. The van der Waals surface area contributed by atoms with Crippen molar-refractivity contribution in [3.63, 3.8) is 0 Å². The molecule has 3 heteroatoms.